The fraction of sp³-hybridized carbons (Fsp3) is 0.600. The number of anilines is 1. The molecule has 0 N–H and O–H groups in total. The Bertz CT molecular complexity index is 951. The highest BCUT2D eigenvalue weighted by molar-refractivity contribution is 5.62. The molecule has 2 saturated carbocycles. The van der Waals surface area contributed by atoms with E-state index in [2.05, 4.69) is 4.98 Å². The average molecular weight is 386 g/mol. The first-order chi connectivity index (χ1) is 13.5. The molecular formula is C20H26N4O4. The molecule has 0 saturated heterocycles. The minimum Gasteiger partial charge on any atom is -0.378 e. The molecule has 8 nitrogen and oxygen atoms in total. The Morgan fingerprint density at radius 3 is 2.79 bits per heavy atom. The van der Waals surface area contributed by atoms with Crippen LogP contribution in [0.4, 0.5) is 11.5 Å². The SMILES string of the molecule is CCOC1CC(N(C)c2nc3ccccn3c(=O)c2[N+](=O)[O-])C12CCCCC2. The summed E-state index contributed by atoms with van der Waals surface area (Å²) in [6.45, 7) is 2.67. The van der Waals surface area contributed by atoms with Gasteiger partial charge in [0.2, 0.25) is 5.82 Å². The number of nitro groups is 1. The van der Waals surface area contributed by atoms with Gasteiger partial charge in [-0.05, 0) is 38.3 Å². The van der Waals surface area contributed by atoms with E-state index in [1.165, 1.54) is 17.0 Å². The summed E-state index contributed by atoms with van der Waals surface area (Å²) in [5.74, 6) is 0.158. The third kappa shape index (κ3) is 2.78. The molecule has 0 radical (unpaired) electrons. The summed E-state index contributed by atoms with van der Waals surface area (Å²) < 4.78 is 7.24. The van der Waals surface area contributed by atoms with E-state index < -0.39 is 16.2 Å². The minimum absolute atomic E-state index is 0.0135. The highest BCUT2D eigenvalue weighted by Gasteiger charge is 2.58. The van der Waals surface area contributed by atoms with Crippen molar-refractivity contribution in [2.24, 2.45) is 5.41 Å². The lowest BCUT2D eigenvalue weighted by molar-refractivity contribution is -0.385. The number of rotatable bonds is 5. The number of aromatic nitrogens is 2. The number of fused-ring (bicyclic) bond motifs is 1. The van der Waals surface area contributed by atoms with Crippen LogP contribution in [0.25, 0.3) is 5.65 Å². The molecule has 2 aliphatic carbocycles. The highest BCUT2D eigenvalue weighted by Crippen LogP contribution is 2.55. The Kier molecular flexibility index (Phi) is 4.82. The predicted molar refractivity (Wildman–Crippen MR) is 106 cm³/mol. The van der Waals surface area contributed by atoms with E-state index in [1.807, 2.05) is 18.9 Å². The van der Waals surface area contributed by atoms with Crippen molar-refractivity contribution in [1.29, 1.82) is 0 Å². The Labute approximate surface area is 163 Å². The summed E-state index contributed by atoms with van der Waals surface area (Å²) in [6.07, 6.45) is 8.09. The summed E-state index contributed by atoms with van der Waals surface area (Å²) in [6, 6.07) is 5.22. The van der Waals surface area contributed by atoms with E-state index in [0.717, 1.165) is 32.1 Å². The largest absolute Gasteiger partial charge is 0.378 e. The van der Waals surface area contributed by atoms with Gasteiger partial charge in [0.1, 0.15) is 5.65 Å². The van der Waals surface area contributed by atoms with Crippen molar-refractivity contribution >= 4 is 17.2 Å². The smallest absolute Gasteiger partial charge is 0.376 e. The molecule has 2 fully saturated rings. The van der Waals surface area contributed by atoms with Gasteiger partial charge in [0.05, 0.1) is 11.0 Å². The quantitative estimate of drug-likeness (QED) is 0.579. The van der Waals surface area contributed by atoms with E-state index in [-0.39, 0.29) is 23.4 Å². The van der Waals surface area contributed by atoms with Gasteiger partial charge in [0.25, 0.3) is 0 Å². The maximum Gasteiger partial charge on any atom is 0.376 e. The van der Waals surface area contributed by atoms with Gasteiger partial charge in [-0.2, -0.15) is 0 Å². The molecule has 1 spiro atoms. The topological polar surface area (TPSA) is 90.0 Å². The molecule has 2 aromatic rings. The summed E-state index contributed by atoms with van der Waals surface area (Å²) in [7, 11) is 1.83. The molecular weight excluding hydrogens is 360 g/mol. The van der Waals surface area contributed by atoms with Crippen molar-refractivity contribution in [1.82, 2.24) is 9.38 Å². The molecule has 0 aliphatic heterocycles. The highest BCUT2D eigenvalue weighted by atomic mass is 16.6. The Morgan fingerprint density at radius 2 is 2.11 bits per heavy atom. The van der Waals surface area contributed by atoms with Crippen molar-refractivity contribution in [3.8, 4) is 0 Å². The van der Waals surface area contributed by atoms with Crippen LogP contribution in [0, 0.1) is 15.5 Å². The molecule has 4 rings (SSSR count). The molecule has 0 aromatic carbocycles. The van der Waals surface area contributed by atoms with Crippen molar-refractivity contribution in [3.05, 3.63) is 44.9 Å². The normalized spacial score (nSPS) is 23.5. The van der Waals surface area contributed by atoms with Gasteiger partial charge in [-0.1, -0.05) is 25.3 Å². The Balaban J connectivity index is 1.78. The first-order valence-corrected chi connectivity index (χ1v) is 10.00. The standard InChI is InChI=1S/C20H26N4O4/c1-3-28-15-13-14(20(15)10-6-4-7-11-20)22(2)18-17(24(26)27)19(25)23-12-8-5-9-16(23)21-18/h5,8-9,12,14-15H,3-4,6-7,10-11,13H2,1-2H3. The Hall–Kier alpha value is -2.48. The monoisotopic (exact) mass is 386 g/mol. The lowest BCUT2D eigenvalue weighted by Crippen LogP contribution is -2.65. The van der Waals surface area contributed by atoms with Crippen molar-refractivity contribution < 1.29 is 9.66 Å². The zero-order chi connectivity index (χ0) is 19.9. The van der Waals surface area contributed by atoms with Gasteiger partial charge in [0.15, 0.2) is 0 Å². The fourth-order valence-electron chi connectivity index (χ4n) is 5.19. The molecule has 2 aliphatic rings. The molecule has 150 valence electrons. The number of pyridine rings is 1. The predicted octanol–water partition coefficient (Wildman–Crippen LogP) is 3.17. The number of hydrogen-bond donors (Lipinski definition) is 0. The van der Waals surface area contributed by atoms with Gasteiger partial charge in [-0.15, -0.1) is 0 Å². The van der Waals surface area contributed by atoms with Crippen LogP contribution in [0.5, 0.6) is 0 Å². The molecule has 8 heteroatoms. The van der Waals surface area contributed by atoms with E-state index in [0.29, 0.717) is 12.3 Å². The third-order valence-electron chi connectivity index (χ3n) is 6.57. The van der Waals surface area contributed by atoms with Gasteiger partial charge < -0.3 is 9.64 Å². The van der Waals surface area contributed by atoms with Crippen molar-refractivity contribution in [3.63, 3.8) is 0 Å². The molecule has 0 amide bonds. The first-order valence-electron chi connectivity index (χ1n) is 10.00. The second kappa shape index (κ2) is 7.16. The van der Waals surface area contributed by atoms with Crippen LogP contribution in [-0.4, -0.2) is 40.1 Å². The maximum absolute atomic E-state index is 12.8. The van der Waals surface area contributed by atoms with Crippen LogP contribution in [0.3, 0.4) is 0 Å². The van der Waals surface area contributed by atoms with Crippen LogP contribution in [0.15, 0.2) is 29.2 Å². The average Bonchev–Trinajstić information content (AvgIpc) is 2.70. The number of hydrogen-bond acceptors (Lipinski definition) is 6. The van der Waals surface area contributed by atoms with Gasteiger partial charge >= 0.3 is 11.2 Å². The van der Waals surface area contributed by atoms with Crippen LogP contribution in [0.2, 0.25) is 0 Å². The first kappa shape index (κ1) is 18.9. The zero-order valence-electron chi connectivity index (χ0n) is 16.3. The van der Waals surface area contributed by atoms with Crippen LogP contribution in [-0.2, 0) is 4.74 Å². The Morgan fingerprint density at radius 1 is 1.36 bits per heavy atom. The van der Waals surface area contributed by atoms with Crippen LogP contribution in [0.1, 0.15) is 45.4 Å². The summed E-state index contributed by atoms with van der Waals surface area (Å²) in [5.41, 5.74) is -0.702. The zero-order valence-corrected chi connectivity index (χ0v) is 16.3. The van der Waals surface area contributed by atoms with Gasteiger partial charge in [0, 0.05) is 31.3 Å². The number of ether oxygens (including phenoxy) is 1. The molecule has 2 aromatic heterocycles. The molecule has 0 bridgehead atoms. The lowest BCUT2D eigenvalue weighted by Gasteiger charge is -2.60. The fourth-order valence-corrected chi connectivity index (χ4v) is 5.19. The van der Waals surface area contributed by atoms with Crippen molar-refractivity contribution in [2.45, 2.75) is 57.6 Å². The number of nitrogens with zero attached hydrogens (tertiary/aromatic N) is 4. The van der Waals surface area contributed by atoms with Crippen LogP contribution >= 0.6 is 0 Å². The van der Waals surface area contributed by atoms with Crippen LogP contribution < -0.4 is 10.5 Å². The lowest BCUT2D eigenvalue weighted by atomic mass is 9.54. The molecule has 2 atom stereocenters. The van der Waals surface area contributed by atoms with E-state index in [9.17, 15) is 14.9 Å². The second-order valence-electron chi connectivity index (χ2n) is 7.88. The van der Waals surface area contributed by atoms with Gasteiger partial charge in [-0.3, -0.25) is 19.3 Å². The third-order valence-corrected chi connectivity index (χ3v) is 6.57. The molecule has 2 unspecified atom stereocenters. The summed E-state index contributed by atoms with van der Waals surface area (Å²) in [5, 5.41) is 11.8. The molecule has 2 heterocycles. The second-order valence-corrected chi connectivity index (χ2v) is 7.88. The maximum atomic E-state index is 12.8. The molecule has 28 heavy (non-hydrogen) atoms. The van der Waals surface area contributed by atoms with E-state index >= 15 is 0 Å². The van der Waals surface area contributed by atoms with E-state index in [4.69, 9.17) is 4.74 Å². The van der Waals surface area contributed by atoms with E-state index in [1.54, 1.807) is 18.2 Å². The summed E-state index contributed by atoms with van der Waals surface area (Å²) in [4.78, 5) is 30.3. The van der Waals surface area contributed by atoms with Gasteiger partial charge in [-0.25, -0.2) is 4.98 Å². The minimum atomic E-state index is -0.643. The van der Waals surface area contributed by atoms with Crippen molar-refractivity contribution in [2.75, 3.05) is 18.6 Å². The summed E-state index contributed by atoms with van der Waals surface area (Å²) >= 11 is 0.